The molecule has 102 valence electrons. The Morgan fingerprint density at radius 2 is 2.26 bits per heavy atom. The van der Waals surface area contributed by atoms with Crippen molar-refractivity contribution in [1.82, 2.24) is 10.3 Å². The maximum Gasteiger partial charge on any atom is 0.0798 e. The van der Waals surface area contributed by atoms with Crippen molar-refractivity contribution in [3.05, 3.63) is 50.4 Å². The lowest BCUT2D eigenvalue weighted by atomic mass is 10.0. The monoisotopic (exact) mass is 338 g/mol. The fraction of sp³-hybridized carbons (Fsp3) is 0.400. The minimum atomic E-state index is 0.363. The van der Waals surface area contributed by atoms with E-state index in [0.717, 1.165) is 29.6 Å². The number of rotatable bonds is 6. The third-order valence-corrected chi connectivity index (χ3v) is 4.61. The first-order chi connectivity index (χ1) is 9.20. The van der Waals surface area contributed by atoms with Gasteiger partial charge in [-0.05, 0) is 44.0 Å². The first kappa shape index (κ1) is 14.7. The summed E-state index contributed by atoms with van der Waals surface area (Å²) in [7, 11) is 0. The molecule has 4 heteroatoms. The molecule has 2 nitrogen and oxygen atoms in total. The fourth-order valence-electron chi connectivity index (χ4n) is 2.12. The molecule has 2 rings (SSSR count). The maximum absolute atomic E-state index is 4.37. The van der Waals surface area contributed by atoms with Gasteiger partial charge in [0.2, 0.25) is 0 Å². The van der Waals surface area contributed by atoms with Crippen LogP contribution >= 0.6 is 27.3 Å². The lowest BCUT2D eigenvalue weighted by Crippen LogP contribution is -2.24. The molecule has 0 radical (unpaired) electrons. The Bertz CT molecular complexity index is 524. The molecule has 0 fully saturated rings. The number of nitrogens with zero attached hydrogens (tertiary/aromatic N) is 1. The Balaban J connectivity index is 2.16. The van der Waals surface area contributed by atoms with E-state index in [2.05, 4.69) is 64.3 Å². The quantitative estimate of drug-likeness (QED) is 0.838. The summed E-state index contributed by atoms with van der Waals surface area (Å²) >= 11 is 5.28. The molecule has 1 atom stereocenters. The SMILES string of the molecule is CCCNC(Cc1cccc(Br)c1)c1scnc1C. The lowest BCUT2D eigenvalue weighted by molar-refractivity contribution is 0.533. The average molecular weight is 339 g/mol. The van der Waals surface area contributed by atoms with Crippen molar-refractivity contribution in [3.63, 3.8) is 0 Å². The second kappa shape index (κ2) is 7.17. The third-order valence-electron chi connectivity index (χ3n) is 3.07. The highest BCUT2D eigenvalue weighted by Gasteiger charge is 2.16. The molecule has 1 aromatic carbocycles. The van der Waals surface area contributed by atoms with Gasteiger partial charge in [-0.15, -0.1) is 11.3 Å². The van der Waals surface area contributed by atoms with Crippen LogP contribution in [0.15, 0.2) is 34.2 Å². The predicted octanol–water partition coefficient (Wildman–Crippen LogP) is 4.50. The van der Waals surface area contributed by atoms with Crippen LogP contribution in [-0.4, -0.2) is 11.5 Å². The van der Waals surface area contributed by atoms with E-state index in [1.807, 2.05) is 5.51 Å². The Morgan fingerprint density at radius 1 is 1.42 bits per heavy atom. The molecule has 0 aliphatic heterocycles. The minimum Gasteiger partial charge on any atom is -0.309 e. The summed E-state index contributed by atoms with van der Waals surface area (Å²) < 4.78 is 1.14. The van der Waals surface area contributed by atoms with Crippen LogP contribution in [0.3, 0.4) is 0 Å². The van der Waals surface area contributed by atoms with Gasteiger partial charge in [-0.2, -0.15) is 0 Å². The van der Waals surface area contributed by atoms with Crippen molar-refractivity contribution in [2.75, 3.05) is 6.54 Å². The van der Waals surface area contributed by atoms with E-state index in [4.69, 9.17) is 0 Å². The van der Waals surface area contributed by atoms with Crippen LogP contribution in [0.2, 0.25) is 0 Å². The highest BCUT2D eigenvalue weighted by atomic mass is 79.9. The summed E-state index contributed by atoms with van der Waals surface area (Å²) in [6, 6.07) is 8.89. The van der Waals surface area contributed by atoms with Gasteiger partial charge in [-0.3, -0.25) is 0 Å². The number of hydrogen-bond acceptors (Lipinski definition) is 3. The first-order valence-corrected chi connectivity index (χ1v) is 8.25. The van der Waals surface area contributed by atoms with Gasteiger partial charge in [0.15, 0.2) is 0 Å². The molecule has 0 spiro atoms. The molecule has 0 bridgehead atoms. The Hall–Kier alpha value is -0.710. The number of benzene rings is 1. The highest BCUT2D eigenvalue weighted by Crippen LogP contribution is 2.26. The second-order valence-corrected chi connectivity index (χ2v) is 6.44. The molecule has 1 unspecified atom stereocenters. The molecule has 1 N–H and O–H groups in total. The Morgan fingerprint density at radius 3 is 2.89 bits per heavy atom. The summed E-state index contributed by atoms with van der Waals surface area (Å²) in [5.41, 5.74) is 4.43. The number of aromatic nitrogens is 1. The molecule has 0 saturated heterocycles. The van der Waals surface area contributed by atoms with E-state index in [-0.39, 0.29) is 0 Å². The van der Waals surface area contributed by atoms with Gasteiger partial charge in [0.25, 0.3) is 0 Å². The standard InChI is InChI=1S/C15H19BrN2S/c1-3-7-17-14(15-11(2)18-10-19-15)9-12-5-4-6-13(16)8-12/h4-6,8,10,14,17H,3,7,9H2,1-2H3. The summed E-state index contributed by atoms with van der Waals surface area (Å²) in [5.74, 6) is 0. The molecule has 0 saturated carbocycles. The number of hydrogen-bond donors (Lipinski definition) is 1. The van der Waals surface area contributed by atoms with Gasteiger partial charge in [0, 0.05) is 15.4 Å². The average Bonchev–Trinajstić information content (AvgIpc) is 2.81. The molecule has 0 aliphatic rings. The van der Waals surface area contributed by atoms with Crippen LogP contribution in [0.1, 0.15) is 35.5 Å². The second-order valence-electron chi connectivity index (χ2n) is 4.64. The van der Waals surface area contributed by atoms with E-state index in [1.165, 1.54) is 10.4 Å². The van der Waals surface area contributed by atoms with Crippen molar-refractivity contribution in [1.29, 1.82) is 0 Å². The highest BCUT2D eigenvalue weighted by molar-refractivity contribution is 9.10. The van der Waals surface area contributed by atoms with Gasteiger partial charge in [-0.25, -0.2) is 4.98 Å². The number of halogens is 1. The topological polar surface area (TPSA) is 24.9 Å². The lowest BCUT2D eigenvalue weighted by Gasteiger charge is -2.18. The third kappa shape index (κ3) is 4.13. The van der Waals surface area contributed by atoms with Crippen LogP contribution in [0, 0.1) is 6.92 Å². The molecule has 0 amide bonds. The van der Waals surface area contributed by atoms with Crippen molar-refractivity contribution < 1.29 is 0 Å². The van der Waals surface area contributed by atoms with Crippen molar-refractivity contribution >= 4 is 27.3 Å². The zero-order valence-corrected chi connectivity index (χ0v) is 13.7. The van der Waals surface area contributed by atoms with E-state index in [9.17, 15) is 0 Å². The van der Waals surface area contributed by atoms with Crippen molar-refractivity contribution in [2.45, 2.75) is 32.7 Å². The molecule has 2 aromatic rings. The summed E-state index contributed by atoms with van der Waals surface area (Å²) in [6.07, 6.45) is 2.15. The molecule has 1 aromatic heterocycles. The normalized spacial score (nSPS) is 12.6. The van der Waals surface area contributed by atoms with Crippen LogP contribution in [0.5, 0.6) is 0 Å². The smallest absolute Gasteiger partial charge is 0.0798 e. The largest absolute Gasteiger partial charge is 0.309 e. The maximum atomic E-state index is 4.37. The molecule has 19 heavy (non-hydrogen) atoms. The van der Waals surface area contributed by atoms with Crippen LogP contribution in [0.25, 0.3) is 0 Å². The van der Waals surface area contributed by atoms with Crippen LogP contribution in [-0.2, 0) is 6.42 Å². The number of nitrogens with one attached hydrogen (secondary N) is 1. The Labute approximate surface area is 127 Å². The fourth-order valence-corrected chi connectivity index (χ4v) is 3.45. The molecular formula is C15H19BrN2S. The van der Waals surface area contributed by atoms with E-state index in [0.29, 0.717) is 6.04 Å². The zero-order valence-electron chi connectivity index (χ0n) is 11.3. The van der Waals surface area contributed by atoms with Crippen LogP contribution < -0.4 is 5.32 Å². The van der Waals surface area contributed by atoms with Crippen molar-refractivity contribution in [3.8, 4) is 0 Å². The van der Waals surface area contributed by atoms with Gasteiger partial charge < -0.3 is 5.32 Å². The van der Waals surface area contributed by atoms with Gasteiger partial charge in [-0.1, -0.05) is 35.0 Å². The summed E-state index contributed by atoms with van der Waals surface area (Å²) in [4.78, 5) is 5.73. The molecule has 0 aliphatic carbocycles. The molecule has 1 heterocycles. The minimum absolute atomic E-state index is 0.363. The van der Waals surface area contributed by atoms with Gasteiger partial charge >= 0.3 is 0 Å². The van der Waals surface area contributed by atoms with Gasteiger partial charge in [0.1, 0.15) is 0 Å². The van der Waals surface area contributed by atoms with E-state index >= 15 is 0 Å². The summed E-state index contributed by atoms with van der Waals surface area (Å²) in [6.45, 7) is 5.33. The Kier molecular flexibility index (Phi) is 5.55. The predicted molar refractivity (Wildman–Crippen MR) is 85.7 cm³/mol. The summed E-state index contributed by atoms with van der Waals surface area (Å²) in [5, 5.41) is 3.64. The van der Waals surface area contributed by atoms with Gasteiger partial charge in [0.05, 0.1) is 11.2 Å². The van der Waals surface area contributed by atoms with Crippen LogP contribution in [0.4, 0.5) is 0 Å². The number of aryl methyl sites for hydroxylation is 1. The first-order valence-electron chi connectivity index (χ1n) is 6.58. The van der Waals surface area contributed by atoms with E-state index in [1.54, 1.807) is 11.3 Å². The van der Waals surface area contributed by atoms with Crippen molar-refractivity contribution in [2.24, 2.45) is 0 Å². The number of thiazole rings is 1. The van der Waals surface area contributed by atoms with E-state index < -0.39 is 0 Å². The molecular weight excluding hydrogens is 320 g/mol. The zero-order chi connectivity index (χ0) is 13.7.